The summed E-state index contributed by atoms with van der Waals surface area (Å²) in [5.41, 5.74) is -0.285. The zero-order valence-corrected chi connectivity index (χ0v) is 16.1. The van der Waals surface area contributed by atoms with Crippen LogP contribution in [0.1, 0.15) is 32.5 Å². The summed E-state index contributed by atoms with van der Waals surface area (Å²) in [7, 11) is 0. The number of fused-ring (bicyclic) bond motifs is 2. The van der Waals surface area contributed by atoms with Gasteiger partial charge in [0.2, 0.25) is 5.88 Å². The number of nitrogens with zero attached hydrogens (tertiary/aromatic N) is 4. The van der Waals surface area contributed by atoms with Gasteiger partial charge >= 0.3 is 5.97 Å². The number of hydrogen-bond acceptors (Lipinski definition) is 9. The molecule has 4 heterocycles. The van der Waals surface area contributed by atoms with Gasteiger partial charge in [-0.2, -0.15) is 4.98 Å². The molecule has 0 spiro atoms. The van der Waals surface area contributed by atoms with Gasteiger partial charge in [0, 0.05) is 6.42 Å². The van der Waals surface area contributed by atoms with Gasteiger partial charge in [-0.3, -0.25) is 4.90 Å². The van der Waals surface area contributed by atoms with E-state index in [9.17, 15) is 24.8 Å². The third kappa shape index (κ3) is 3.16. The van der Waals surface area contributed by atoms with Crippen molar-refractivity contribution in [3.05, 3.63) is 28.9 Å². The molecule has 0 bridgehead atoms. The Hall–Kier alpha value is -2.11. The molecule has 2 aliphatic rings. The third-order valence-corrected chi connectivity index (χ3v) is 4.58. The summed E-state index contributed by atoms with van der Waals surface area (Å²) in [6, 6.07) is -1.38. The van der Waals surface area contributed by atoms with Gasteiger partial charge in [-0.1, -0.05) is 37.6 Å². The Balaban J connectivity index is 0.00000109. The van der Waals surface area contributed by atoms with Crippen LogP contribution in [-0.2, 0) is 0 Å². The lowest BCUT2D eigenvalue weighted by Crippen LogP contribution is -2.63. The van der Waals surface area contributed by atoms with Crippen molar-refractivity contribution in [1.29, 1.82) is 0 Å². The number of ether oxygens (including phenoxy) is 1. The van der Waals surface area contributed by atoms with Crippen molar-refractivity contribution in [2.24, 2.45) is 0 Å². The summed E-state index contributed by atoms with van der Waals surface area (Å²) < 4.78 is 19.7. The van der Waals surface area contributed by atoms with Crippen LogP contribution in [0, 0.1) is 12.7 Å². The number of hydrogen-bond donors (Lipinski definition) is 4. The fourth-order valence-electron chi connectivity index (χ4n) is 3.22. The molecule has 1 unspecified atom stereocenters. The second-order valence-corrected chi connectivity index (χ2v) is 6.53. The monoisotopic (exact) mass is 414 g/mol. The van der Waals surface area contributed by atoms with Gasteiger partial charge in [0.15, 0.2) is 16.8 Å². The van der Waals surface area contributed by atoms with Crippen molar-refractivity contribution >= 4 is 28.3 Å². The van der Waals surface area contributed by atoms with E-state index in [-0.39, 0.29) is 35.4 Å². The summed E-state index contributed by atoms with van der Waals surface area (Å²) in [4.78, 5) is 12.7. The zero-order valence-electron chi connectivity index (χ0n) is 15.4. The van der Waals surface area contributed by atoms with Crippen molar-refractivity contribution in [3.8, 4) is 5.88 Å². The molecule has 11 heteroatoms. The van der Waals surface area contributed by atoms with Crippen LogP contribution in [0.4, 0.5) is 10.2 Å². The van der Waals surface area contributed by atoms with Crippen LogP contribution in [0.15, 0.2) is 12.2 Å². The number of anilines is 1. The van der Waals surface area contributed by atoms with E-state index in [2.05, 4.69) is 15.0 Å². The van der Waals surface area contributed by atoms with Crippen molar-refractivity contribution in [1.82, 2.24) is 15.0 Å². The molecule has 0 aromatic carbocycles. The average Bonchev–Trinajstić information content (AvgIpc) is 2.83. The highest BCUT2D eigenvalue weighted by atomic mass is 35.5. The number of aromatic nitrogens is 3. The minimum Gasteiger partial charge on any atom is -0.419 e. The molecular formula is C17H20ClFN4O5. The standard InChI is InChI=1S/C15H14ClFN4O5.C2H6/c1-6-18-10-8-12(19-6)21-7(4-2-3-5-14(21,22)23)15(24,25)26-13(8)20-11(16)9(10)17;1-2/h2-3,7,22-25H,4-5H2,1H3;1-2H3. The zero-order chi connectivity index (χ0) is 20.9. The third-order valence-electron chi connectivity index (χ3n) is 4.33. The van der Waals surface area contributed by atoms with E-state index in [0.29, 0.717) is 0 Å². The van der Waals surface area contributed by atoms with E-state index >= 15 is 0 Å². The summed E-state index contributed by atoms with van der Waals surface area (Å²) in [6.07, 6.45) is 2.73. The van der Waals surface area contributed by atoms with Crippen LogP contribution >= 0.6 is 11.6 Å². The van der Waals surface area contributed by atoms with Crippen molar-refractivity contribution in [3.63, 3.8) is 0 Å². The van der Waals surface area contributed by atoms with Crippen LogP contribution in [-0.4, -0.2) is 53.3 Å². The lowest BCUT2D eigenvalue weighted by molar-refractivity contribution is -0.313. The van der Waals surface area contributed by atoms with Gasteiger partial charge in [0.25, 0.3) is 5.91 Å². The number of pyridine rings is 1. The first-order valence-electron chi connectivity index (χ1n) is 8.68. The molecule has 2 aliphatic heterocycles. The average molecular weight is 415 g/mol. The molecule has 0 radical (unpaired) electrons. The highest BCUT2D eigenvalue weighted by Gasteiger charge is 2.53. The van der Waals surface area contributed by atoms with Crippen molar-refractivity contribution < 1.29 is 29.6 Å². The molecule has 4 rings (SSSR count). The van der Waals surface area contributed by atoms with E-state index in [1.54, 1.807) is 6.08 Å². The molecule has 0 aliphatic carbocycles. The van der Waals surface area contributed by atoms with Gasteiger partial charge in [-0.15, -0.1) is 0 Å². The Bertz CT molecular complexity index is 953. The van der Waals surface area contributed by atoms with Crippen LogP contribution in [0.2, 0.25) is 5.15 Å². The molecule has 0 saturated carbocycles. The van der Waals surface area contributed by atoms with Crippen molar-refractivity contribution in [2.45, 2.75) is 51.5 Å². The Labute approximate surface area is 164 Å². The van der Waals surface area contributed by atoms with Crippen LogP contribution in [0.3, 0.4) is 0 Å². The topological polar surface area (TPSA) is 132 Å². The van der Waals surface area contributed by atoms with Gasteiger partial charge in [-0.05, 0) is 13.3 Å². The molecule has 2 aromatic rings. The highest BCUT2D eigenvalue weighted by molar-refractivity contribution is 6.30. The molecule has 0 fully saturated rings. The largest absolute Gasteiger partial charge is 0.419 e. The first kappa shape index (κ1) is 20.6. The minimum atomic E-state index is -2.90. The lowest BCUT2D eigenvalue weighted by Gasteiger charge is -2.42. The van der Waals surface area contributed by atoms with E-state index in [1.165, 1.54) is 13.0 Å². The maximum Gasteiger partial charge on any atom is 0.345 e. The molecule has 0 amide bonds. The predicted octanol–water partition coefficient (Wildman–Crippen LogP) is 1.35. The molecule has 4 N–H and O–H groups in total. The maximum absolute atomic E-state index is 14.5. The lowest BCUT2D eigenvalue weighted by atomic mass is 10.1. The maximum atomic E-state index is 14.5. The SMILES string of the molecule is CC.Cc1nc2c3c(nc(Cl)c(F)c3n1)OC(O)(O)C1CC=CCC(O)(O)N21. The second kappa shape index (κ2) is 7.05. The van der Waals surface area contributed by atoms with E-state index in [1.807, 2.05) is 13.8 Å². The first-order valence-corrected chi connectivity index (χ1v) is 9.06. The van der Waals surface area contributed by atoms with Gasteiger partial charge in [-0.25, -0.2) is 14.4 Å². The molecule has 9 nitrogen and oxygen atoms in total. The highest BCUT2D eigenvalue weighted by Crippen LogP contribution is 2.44. The van der Waals surface area contributed by atoms with Crippen LogP contribution in [0.5, 0.6) is 5.88 Å². The Morgan fingerprint density at radius 1 is 1.18 bits per heavy atom. The molecular weight excluding hydrogens is 395 g/mol. The molecule has 1 atom stereocenters. The Kier molecular flexibility index (Phi) is 5.19. The summed E-state index contributed by atoms with van der Waals surface area (Å²) in [5.74, 6) is -6.90. The van der Waals surface area contributed by atoms with E-state index in [4.69, 9.17) is 16.3 Å². The number of aryl methyl sites for hydroxylation is 1. The Morgan fingerprint density at radius 2 is 1.86 bits per heavy atom. The second-order valence-electron chi connectivity index (χ2n) is 6.17. The van der Waals surface area contributed by atoms with Crippen LogP contribution < -0.4 is 9.64 Å². The smallest absolute Gasteiger partial charge is 0.345 e. The quantitative estimate of drug-likeness (QED) is 0.286. The molecule has 0 saturated heterocycles. The Morgan fingerprint density at radius 3 is 2.54 bits per heavy atom. The fourth-order valence-corrected chi connectivity index (χ4v) is 3.39. The van der Waals surface area contributed by atoms with Gasteiger partial charge < -0.3 is 25.2 Å². The first-order chi connectivity index (χ1) is 13.1. The van der Waals surface area contributed by atoms with Gasteiger partial charge in [0.05, 0.1) is 0 Å². The molecule has 152 valence electrons. The van der Waals surface area contributed by atoms with E-state index in [0.717, 1.165) is 4.90 Å². The van der Waals surface area contributed by atoms with Crippen LogP contribution in [0.25, 0.3) is 10.9 Å². The number of aliphatic hydroxyl groups is 4. The van der Waals surface area contributed by atoms with Crippen molar-refractivity contribution in [2.75, 3.05) is 4.90 Å². The summed E-state index contributed by atoms with van der Waals surface area (Å²) in [6.45, 7) is 5.47. The van der Waals surface area contributed by atoms with E-state index < -0.39 is 34.8 Å². The molecule has 28 heavy (non-hydrogen) atoms. The number of rotatable bonds is 0. The summed E-state index contributed by atoms with van der Waals surface area (Å²) in [5, 5.41) is 41.3. The molecule has 2 aromatic heterocycles. The minimum absolute atomic E-state index is 0.0232. The number of halogens is 2. The fraction of sp³-hybridized carbons (Fsp3) is 0.471. The predicted molar refractivity (Wildman–Crippen MR) is 98.0 cm³/mol. The van der Waals surface area contributed by atoms with Gasteiger partial charge in [0.1, 0.15) is 22.8 Å². The summed E-state index contributed by atoms with van der Waals surface area (Å²) >= 11 is 5.77. The normalized spacial score (nSPS) is 21.8.